The van der Waals surface area contributed by atoms with E-state index in [4.69, 9.17) is 23.9 Å². The molecule has 18 nitrogen and oxygen atoms in total. The number of hydrogen-bond acceptors (Lipinski definition) is 12. The van der Waals surface area contributed by atoms with Crippen molar-refractivity contribution in [3.05, 3.63) is 60.4 Å². The number of anilines is 1. The maximum Gasteiger partial charge on any atom is 0.323 e. The number of benzene rings is 1. The number of nitrogens with one attached hydrogen (secondary N) is 2. The molecule has 7 heterocycles. The number of esters is 1. The van der Waals surface area contributed by atoms with E-state index in [1.807, 2.05) is 26.8 Å². The summed E-state index contributed by atoms with van der Waals surface area (Å²) < 4.78 is 26.8. The zero-order valence-corrected chi connectivity index (χ0v) is 43.0. The van der Waals surface area contributed by atoms with Crippen molar-refractivity contribution in [3.63, 3.8) is 0 Å². The summed E-state index contributed by atoms with van der Waals surface area (Å²) in [5, 5.41) is 4.10. The summed E-state index contributed by atoms with van der Waals surface area (Å²) in [6.45, 7) is 19.4. The number of aromatic nitrogens is 2. The van der Waals surface area contributed by atoms with Crippen molar-refractivity contribution in [2.45, 2.75) is 115 Å². The minimum absolute atomic E-state index is 0.0869. The Kier molecular flexibility index (Phi) is 15.1. The average Bonchev–Trinajstić information content (AvgIpc) is 3.92. The van der Waals surface area contributed by atoms with E-state index >= 15 is 0 Å². The Morgan fingerprint density at radius 3 is 2.59 bits per heavy atom. The highest BCUT2D eigenvalue weighted by Gasteiger charge is 2.47. The van der Waals surface area contributed by atoms with E-state index < -0.39 is 52.6 Å². The summed E-state index contributed by atoms with van der Waals surface area (Å²) in [6, 6.07) is 7.76. The summed E-state index contributed by atoms with van der Waals surface area (Å²) in [7, 11) is 7.01. The molecule has 5 amide bonds. The van der Waals surface area contributed by atoms with Crippen LogP contribution in [0.5, 0.6) is 0 Å². The molecule has 6 bridgehead atoms. The monoisotopic (exact) mass is 981 g/mol. The van der Waals surface area contributed by atoms with Crippen molar-refractivity contribution in [2.24, 2.45) is 11.3 Å². The average molecular weight is 981 g/mol. The number of nitrogens with zero attached hydrogens (tertiary/aromatic N) is 7. The third-order valence-electron chi connectivity index (χ3n) is 14.7. The molecule has 5 aliphatic heterocycles. The molecule has 0 spiro atoms. The number of hydrogen-bond donors (Lipinski definition) is 2. The number of rotatable bonds is 9. The molecule has 0 saturated carbocycles. The Hall–Kier alpha value is -5.34. The lowest BCUT2D eigenvalue weighted by atomic mass is 9.84. The second-order valence-electron chi connectivity index (χ2n) is 20.6. The molecule has 4 fully saturated rings. The molecule has 0 aliphatic carbocycles. The van der Waals surface area contributed by atoms with Gasteiger partial charge >= 0.3 is 12.0 Å². The van der Waals surface area contributed by atoms with Gasteiger partial charge in [-0.2, -0.15) is 0 Å². The van der Waals surface area contributed by atoms with Crippen molar-refractivity contribution in [2.75, 3.05) is 78.1 Å². The number of carbonyl (C=O) groups is 5. The molecule has 8 rings (SSSR count). The third-order valence-corrected chi connectivity index (χ3v) is 15.3. The van der Waals surface area contributed by atoms with Crippen LogP contribution in [0.15, 0.2) is 49.2 Å². The lowest BCUT2D eigenvalue weighted by Gasteiger charge is -2.42. The Morgan fingerprint density at radius 2 is 1.86 bits per heavy atom. The first-order valence-electron chi connectivity index (χ1n) is 24.8. The third kappa shape index (κ3) is 10.1. The molecule has 70 heavy (non-hydrogen) atoms. The number of pyridine rings is 1. The quantitative estimate of drug-likeness (QED) is 0.180. The smallest absolute Gasteiger partial charge is 0.323 e. The molecule has 377 valence electrons. The number of hydrazine groups is 1. The Bertz CT molecular complexity index is 2480. The Balaban J connectivity index is 1.13. The molecule has 19 heteroatoms. The van der Waals surface area contributed by atoms with E-state index in [1.165, 1.54) is 16.0 Å². The number of likely N-dealkylation sites (N-methyl/N-ethyl adjacent to an activating group) is 1. The van der Waals surface area contributed by atoms with E-state index in [-0.39, 0.29) is 62.7 Å². The SMILES string of the molecule is C=CC(=O)N1CCO[C@H]2CN(C(=O)N(C)[C@H](C(=O)N[C@H]3C[C@H]4CN(CCO4)c4ccc5c(c4)c(c(-c4cccnc4[C@H](C)OC)n5CC)CC(C)(C)COC(=O)[C@@]4([Si])CCCN(N4)C3=O)C(C)C)C[C@H]21. The number of amides is 5. The van der Waals surface area contributed by atoms with Crippen molar-refractivity contribution < 1.29 is 42.9 Å². The first-order chi connectivity index (χ1) is 33.4. The largest absolute Gasteiger partial charge is 0.464 e. The molecule has 2 N–H and O–H groups in total. The number of ether oxygens (including phenoxy) is 4. The maximum atomic E-state index is 14.9. The zero-order chi connectivity index (χ0) is 50.2. The molecule has 2 aromatic heterocycles. The normalized spacial score (nSPS) is 26.0. The van der Waals surface area contributed by atoms with Crippen LogP contribution in [0.3, 0.4) is 0 Å². The molecule has 7 atom stereocenters. The van der Waals surface area contributed by atoms with Crippen LogP contribution in [0.2, 0.25) is 0 Å². The van der Waals surface area contributed by atoms with Crippen LogP contribution >= 0.6 is 0 Å². The molecule has 3 radical (unpaired) electrons. The Labute approximate surface area is 414 Å². The number of morpholine rings is 2. The topological polar surface area (TPSA) is 180 Å². The molecule has 0 unspecified atom stereocenters. The van der Waals surface area contributed by atoms with E-state index in [9.17, 15) is 24.0 Å². The van der Waals surface area contributed by atoms with Crippen LogP contribution in [0.4, 0.5) is 10.5 Å². The summed E-state index contributed by atoms with van der Waals surface area (Å²) in [5.74, 6) is -2.10. The van der Waals surface area contributed by atoms with Gasteiger partial charge in [0.05, 0.1) is 72.3 Å². The number of urea groups is 1. The number of likely N-dealkylation sites (tertiary alicyclic amines) is 1. The van der Waals surface area contributed by atoms with Gasteiger partial charge in [-0.1, -0.05) is 34.3 Å². The molecular weight excluding hydrogens is 911 g/mol. The number of methoxy groups -OCH3 is 1. The fourth-order valence-corrected chi connectivity index (χ4v) is 11.5. The van der Waals surface area contributed by atoms with Gasteiger partial charge in [0.1, 0.15) is 17.2 Å². The zero-order valence-electron chi connectivity index (χ0n) is 42.0. The van der Waals surface area contributed by atoms with Crippen molar-refractivity contribution >= 4 is 56.6 Å². The molecule has 3 aromatic rings. The van der Waals surface area contributed by atoms with E-state index in [0.29, 0.717) is 58.7 Å². The highest BCUT2D eigenvalue weighted by Crippen LogP contribution is 2.42. The first-order valence-corrected chi connectivity index (χ1v) is 25.3. The molecule has 4 saturated heterocycles. The minimum atomic E-state index is -1.43. The predicted molar refractivity (Wildman–Crippen MR) is 265 cm³/mol. The molecular formula is C51H70N9O9Si. The standard InChI is InChI=1S/C51H70N9O9Si/c1-10-42(61)59-21-23-68-41-29-57(28-40(41)59)49(65)55(8)44(31(3)4)46(62)53-38-25-34-27-56(20-22-67-34)33-15-16-39-36(24-33)37(45(58(39)11-2)35-14-12-18-52-43(35)32(5)66-9)26-50(6,7)30-69-48(64)51(70)17-13-19-60(54-51)47(38)63/h10,12,14-16,18,24,31-32,34,38,40-41,44,54H,1,11,13,17,19-23,25-30H2,2-9H3,(H,53,62)/t32-,34-,38-,40+,41-,44-,51-/m0/s1. The lowest BCUT2D eigenvalue weighted by Crippen LogP contribution is -2.68. The van der Waals surface area contributed by atoms with Gasteiger partial charge in [0.25, 0.3) is 5.91 Å². The predicted octanol–water partition coefficient (Wildman–Crippen LogP) is 3.80. The van der Waals surface area contributed by atoms with E-state index in [2.05, 4.69) is 82.1 Å². The summed E-state index contributed by atoms with van der Waals surface area (Å²) in [4.78, 5) is 82.7. The second-order valence-corrected chi connectivity index (χ2v) is 21.4. The van der Waals surface area contributed by atoms with Gasteiger partial charge in [0.15, 0.2) is 0 Å². The van der Waals surface area contributed by atoms with E-state index in [0.717, 1.165) is 39.1 Å². The van der Waals surface area contributed by atoms with Crippen LogP contribution in [0.1, 0.15) is 78.2 Å². The minimum Gasteiger partial charge on any atom is -0.464 e. The highest BCUT2D eigenvalue weighted by atomic mass is 28.1. The number of cyclic esters (lactones) is 1. The maximum absolute atomic E-state index is 14.9. The Morgan fingerprint density at radius 1 is 1.09 bits per heavy atom. The fourth-order valence-electron chi connectivity index (χ4n) is 11.1. The summed E-state index contributed by atoms with van der Waals surface area (Å²) in [5.41, 5.74) is 8.61. The van der Waals surface area contributed by atoms with Crippen molar-refractivity contribution in [3.8, 4) is 11.3 Å². The fraction of sp³-hybridized carbons (Fsp3) is 0.608. The van der Waals surface area contributed by atoms with Gasteiger partial charge in [0.2, 0.25) is 11.8 Å². The van der Waals surface area contributed by atoms with Gasteiger partial charge < -0.3 is 48.4 Å². The number of aryl methyl sites for hydroxylation is 1. The molecule has 5 aliphatic rings. The van der Waals surface area contributed by atoms with E-state index in [1.54, 1.807) is 30.2 Å². The van der Waals surface area contributed by atoms with Gasteiger partial charge in [-0.15, -0.1) is 0 Å². The molecule has 1 aromatic carbocycles. The van der Waals surface area contributed by atoms with Crippen LogP contribution in [-0.2, 0) is 51.1 Å². The number of fused-ring (bicyclic) bond motifs is 7. The van der Waals surface area contributed by atoms with Gasteiger partial charge in [0, 0.05) is 93.6 Å². The summed E-state index contributed by atoms with van der Waals surface area (Å²) in [6.07, 6.45) is 3.42. The van der Waals surface area contributed by atoms with Crippen molar-refractivity contribution in [1.29, 1.82) is 0 Å². The van der Waals surface area contributed by atoms with Crippen LogP contribution < -0.4 is 15.6 Å². The highest BCUT2D eigenvalue weighted by molar-refractivity contribution is 6.27. The first kappa shape index (κ1) is 51.0. The van der Waals surface area contributed by atoms with Crippen LogP contribution in [0.25, 0.3) is 22.2 Å². The van der Waals surface area contributed by atoms with Crippen LogP contribution in [0, 0.1) is 11.3 Å². The van der Waals surface area contributed by atoms with Gasteiger partial charge in [-0.3, -0.25) is 29.2 Å². The second kappa shape index (κ2) is 20.8. The summed E-state index contributed by atoms with van der Waals surface area (Å²) >= 11 is 0. The number of carbonyl (C=O) groups excluding carboxylic acids is 5. The van der Waals surface area contributed by atoms with Gasteiger partial charge in [-0.25, -0.2) is 10.2 Å². The van der Waals surface area contributed by atoms with Gasteiger partial charge in [-0.05, 0) is 81.0 Å². The lowest BCUT2D eigenvalue weighted by molar-refractivity contribution is -0.158. The van der Waals surface area contributed by atoms with Crippen LogP contribution in [-0.4, -0.2) is 178 Å². The van der Waals surface area contributed by atoms with Crippen molar-refractivity contribution in [1.82, 2.24) is 40.0 Å².